The Hall–Kier alpha value is -0.990. The maximum Gasteiger partial charge on any atom is 0.339 e. The molecule has 0 fully saturated rings. The number of carbonyl (C=O) groups excluding carboxylic acids is 1. The topological polar surface area (TPSA) is 48.4 Å². The molecule has 1 heterocycles. The quantitative estimate of drug-likeness (QED) is 0.625. The van der Waals surface area contributed by atoms with Gasteiger partial charge in [-0.05, 0) is 22.6 Å². The second-order valence-electron chi connectivity index (χ2n) is 2.70. The molecule has 1 rings (SSSR count). The standard InChI is InChI=1S/C9H8F2INO3/c1-15-8-6(12)5(7(10)11)4(3-13-8)9(14)16-2/h3,7H,1-2H3. The van der Waals surface area contributed by atoms with E-state index in [9.17, 15) is 13.6 Å². The van der Waals surface area contributed by atoms with Gasteiger partial charge in [-0.3, -0.25) is 0 Å². The number of alkyl halides is 2. The van der Waals surface area contributed by atoms with Crippen molar-refractivity contribution in [1.82, 2.24) is 4.98 Å². The van der Waals surface area contributed by atoms with Crippen molar-refractivity contribution in [3.63, 3.8) is 0 Å². The molecule has 88 valence electrons. The van der Waals surface area contributed by atoms with Crippen LogP contribution < -0.4 is 4.74 Å². The van der Waals surface area contributed by atoms with E-state index in [2.05, 4.69) is 9.72 Å². The molecular formula is C9H8F2INO3. The molecule has 0 aliphatic rings. The molecule has 0 aromatic carbocycles. The zero-order valence-corrected chi connectivity index (χ0v) is 10.6. The Bertz CT molecular complexity index is 412. The molecule has 7 heteroatoms. The third-order valence-electron chi connectivity index (χ3n) is 1.84. The molecule has 16 heavy (non-hydrogen) atoms. The fraction of sp³-hybridized carbons (Fsp3) is 0.333. The Kier molecular flexibility index (Phi) is 4.39. The van der Waals surface area contributed by atoms with Gasteiger partial charge in [0.25, 0.3) is 6.43 Å². The van der Waals surface area contributed by atoms with Crippen molar-refractivity contribution in [3.8, 4) is 5.88 Å². The molecule has 0 saturated carbocycles. The lowest BCUT2D eigenvalue weighted by molar-refractivity contribution is 0.0588. The molecule has 0 saturated heterocycles. The van der Waals surface area contributed by atoms with Crippen LogP contribution in [0.5, 0.6) is 5.88 Å². The molecule has 0 N–H and O–H groups in total. The zero-order valence-electron chi connectivity index (χ0n) is 8.46. The normalized spacial score (nSPS) is 10.4. The van der Waals surface area contributed by atoms with Gasteiger partial charge in [-0.25, -0.2) is 18.6 Å². The van der Waals surface area contributed by atoms with E-state index in [0.29, 0.717) is 0 Å². The van der Waals surface area contributed by atoms with Crippen LogP contribution in [0.3, 0.4) is 0 Å². The second kappa shape index (κ2) is 5.37. The van der Waals surface area contributed by atoms with Crippen LogP contribution in [0.4, 0.5) is 8.78 Å². The first kappa shape index (κ1) is 13.1. The van der Waals surface area contributed by atoms with Crippen LogP contribution >= 0.6 is 22.6 Å². The van der Waals surface area contributed by atoms with E-state index in [1.807, 2.05) is 0 Å². The number of halogens is 3. The molecule has 0 bridgehead atoms. The van der Waals surface area contributed by atoms with Crippen molar-refractivity contribution < 1.29 is 23.0 Å². The summed E-state index contributed by atoms with van der Waals surface area (Å²) >= 11 is 1.66. The maximum atomic E-state index is 12.8. The highest BCUT2D eigenvalue weighted by Gasteiger charge is 2.25. The van der Waals surface area contributed by atoms with E-state index >= 15 is 0 Å². The highest BCUT2D eigenvalue weighted by Crippen LogP contribution is 2.32. The Labute approximate surface area is 104 Å². The lowest BCUT2D eigenvalue weighted by atomic mass is 10.1. The minimum atomic E-state index is -2.79. The number of aromatic nitrogens is 1. The van der Waals surface area contributed by atoms with Crippen molar-refractivity contribution in [1.29, 1.82) is 0 Å². The van der Waals surface area contributed by atoms with Gasteiger partial charge in [0.2, 0.25) is 5.88 Å². The van der Waals surface area contributed by atoms with Crippen LogP contribution in [0, 0.1) is 3.57 Å². The smallest absolute Gasteiger partial charge is 0.339 e. The first-order valence-electron chi connectivity index (χ1n) is 4.11. The molecule has 0 spiro atoms. The molecule has 4 nitrogen and oxygen atoms in total. The number of methoxy groups -OCH3 is 2. The molecule has 1 aromatic rings. The second-order valence-corrected chi connectivity index (χ2v) is 3.78. The third kappa shape index (κ3) is 2.39. The summed E-state index contributed by atoms with van der Waals surface area (Å²) in [6, 6.07) is 0. The summed E-state index contributed by atoms with van der Waals surface area (Å²) in [7, 11) is 2.44. The van der Waals surface area contributed by atoms with E-state index in [1.54, 1.807) is 22.6 Å². The van der Waals surface area contributed by atoms with Gasteiger partial charge in [-0.15, -0.1) is 0 Å². The maximum absolute atomic E-state index is 12.8. The summed E-state index contributed by atoms with van der Waals surface area (Å²) in [4.78, 5) is 15.0. The van der Waals surface area contributed by atoms with Gasteiger partial charge >= 0.3 is 5.97 Å². The molecule has 0 atom stereocenters. The van der Waals surface area contributed by atoms with Crippen molar-refractivity contribution in [2.75, 3.05) is 14.2 Å². The number of carbonyl (C=O) groups is 1. The van der Waals surface area contributed by atoms with E-state index in [-0.39, 0.29) is 15.0 Å². The lowest BCUT2D eigenvalue weighted by Gasteiger charge is -2.11. The predicted molar refractivity (Wildman–Crippen MR) is 59.8 cm³/mol. The number of hydrogen-bond donors (Lipinski definition) is 0. The molecule has 0 radical (unpaired) electrons. The van der Waals surface area contributed by atoms with Gasteiger partial charge in [-0.2, -0.15) is 0 Å². The minimum absolute atomic E-state index is 0.0588. The minimum Gasteiger partial charge on any atom is -0.480 e. The molecular weight excluding hydrogens is 335 g/mol. The summed E-state index contributed by atoms with van der Waals surface area (Å²) in [6.07, 6.45) is -1.77. The first-order chi connectivity index (χ1) is 7.52. The van der Waals surface area contributed by atoms with Crippen LogP contribution in [-0.4, -0.2) is 25.2 Å². The summed E-state index contributed by atoms with van der Waals surface area (Å²) < 4.78 is 34.9. The van der Waals surface area contributed by atoms with Gasteiger partial charge in [0.05, 0.1) is 28.9 Å². The Balaban J connectivity index is 3.40. The van der Waals surface area contributed by atoms with Gasteiger partial charge in [-0.1, -0.05) is 0 Å². The average molecular weight is 343 g/mol. The van der Waals surface area contributed by atoms with E-state index in [1.165, 1.54) is 7.11 Å². The number of ether oxygens (including phenoxy) is 2. The SMILES string of the molecule is COC(=O)c1cnc(OC)c(I)c1C(F)F. The fourth-order valence-electron chi connectivity index (χ4n) is 1.11. The van der Waals surface area contributed by atoms with Crippen molar-refractivity contribution in [3.05, 3.63) is 20.9 Å². The van der Waals surface area contributed by atoms with Crippen LogP contribution in [0.1, 0.15) is 22.3 Å². The lowest BCUT2D eigenvalue weighted by Crippen LogP contribution is -2.10. The number of nitrogens with zero attached hydrogens (tertiary/aromatic N) is 1. The fourth-order valence-corrected chi connectivity index (χ4v) is 2.00. The van der Waals surface area contributed by atoms with E-state index < -0.39 is 18.0 Å². The summed E-state index contributed by atoms with van der Waals surface area (Å²) in [5.41, 5.74) is -0.665. The first-order valence-corrected chi connectivity index (χ1v) is 5.19. The predicted octanol–water partition coefficient (Wildman–Crippen LogP) is 2.42. The number of hydrogen-bond acceptors (Lipinski definition) is 4. The summed E-state index contributed by atoms with van der Waals surface area (Å²) in [6.45, 7) is 0. The molecule has 0 unspecified atom stereocenters. The molecule has 0 aliphatic carbocycles. The Morgan fingerprint density at radius 2 is 2.12 bits per heavy atom. The largest absolute Gasteiger partial charge is 0.480 e. The average Bonchev–Trinajstić information content (AvgIpc) is 2.26. The summed E-state index contributed by atoms with van der Waals surface area (Å²) in [5, 5.41) is 0. The Morgan fingerprint density at radius 3 is 2.56 bits per heavy atom. The van der Waals surface area contributed by atoms with E-state index in [0.717, 1.165) is 13.3 Å². The number of pyridine rings is 1. The third-order valence-corrected chi connectivity index (χ3v) is 2.88. The zero-order chi connectivity index (χ0) is 12.3. The number of esters is 1. The monoisotopic (exact) mass is 343 g/mol. The Morgan fingerprint density at radius 1 is 1.50 bits per heavy atom. The van der Waals surface area contributed by atoms with Crippen LogP contribution in [0.25, 0.3) is 0 Å². The van der Waals surface area contributed by atoms with Crippen molar-refractivity contribution >= 4 is 28.6 Å². The van der Waals surface area contributed by atoms with Crippen LogP contribution in [0.15, 0.2) is 6.20 Å². The van der Waals surface area contributed by atoms with Gasteiger partial charge in [0, 0.05) is 6.20 Å². The molecule has 1 aromatic heterocycles. The highest BCUT2D eigenvalue weighted by molar-refractivity contribution is 14.1. The van der Waals surface area contributed by atoms with Crippen LogP contribution in [-0.2, 0) is 4.74 Å². The van der Waals surface area contributed by atoms with E-state index in [4.69, 9.17) is 4.74 Å². The number of rotatable bonds is 3. The van der Waals surface area contributed by atoms with Crippen LogP contribution in [0.2, 0.25) is 0 Å². The molecule has 0 amide bonds. The van der Waals surface area contributed by atoms with Crippen molar-refractivity contribution in [2.45, 2.75) is 6.43 Å². The highest BCUT2D eigenvalue weighted by atomic mass is 127. The summed E-state index contributed by atoms with van der Waals surface area (Å²) in [5.74, 6) is -0.785. The molecule has 0 aliphatic heterocycles. The van der Waals surface area contributed by atoms with Crippen molar-refractivity contribution in [2.24, 2.45) is 0 Å². The van der Waals surface area contributed by atoms with Gasteiger partial charge in [0.15, 0.2) is 0 Å². The van der Waals surface area contributed by atoms with Gasteiger partial charge in [0.1, 0.15) is 0 Å². The van der Waals surface area contributed by atoms with Gasteiger partial charge < -0.3 is 9.47 Å².